The van der Waals surface area contributed by atoms with Gasteiger partial charge in [-0.1, -0.05) is 38.5 Å². The van der Waals surface area contributed by atoms with E-state index >= 15 is 0 Å². The lowest BCUT2D eigenvalue weighted by Gasteiger charge is -2.46. The van der Waals surface area contributed by atoms with Gasteiger partial charge in [-0.15, -0.1) is 0 Å². The number of nitrogens with zero attached hydrogens (tertiary/aromatic N) is 4. The third-order valence-electron chi connectivity index (χ3n) is 6.81. The molecule has 2 atom stereocenters. The van der Waals surface area contributed by atoms with Crippen LogP contribution >= 0.6 is 0 Å². The number of carbonyl (C=O) groups excluding carboxylic acids is 1. The Kier molecular flexibility index (Phi) is 12.9. The fourth-order valence-corrected chi connectivity index (χ4v) is 4.84. The van der Waals surface area contributed by atoms with E-state index in [0.717, 1.165) is 42.3 Å². The van der Waals surface area contributed by atoms with Crippen LogP contribution in [-0.2, 0) is 4.79 Å². The van der Waals surface area contributed by atoms with Gasteiger partial charge in [0, 0.05) is 49.5 Å². The summed E-state index contributed by atoms with van der Waals surface area (Å²) in [7, 11) is 0. The monoisotopic (exact) mass is 547 g/mol. The largest absolute Gasteiger partial charge is 0.434 e. The Morgan fingerprint density at radius 1 is 1.33 bits per heavy atom. The fraction of sp³-hybridized carbons (Fsp3) is 0.517. The normalized spacial score (nSPS) is 18.1. The van der Waals surface area contributed by atoms with Crippen LogP contribution in [0.3, 0.4) is 0 Å². The summed E-state index contributed by atoms with van der Waals surface area (Å²) in [4.78, 5) is 16.0. The summed E-state index contributed by atoms with van der Waals surface area (Å²) in [5.41, 5.74) is 5.83. The quantitative estimate of drug-likeness (QED) is 0.169. The molecule has 2 rings (SSSR count). The average Bonchev–Trinajstić information content (AvgIpc) is 2.90. The average molecular weight is 548 g/mol. The number of hydrogen-bond acceptors (Lipinski definition) is 6. The fourth-order valence-electron chi connectivity index (χ4n) is 4.84. The number of amides is 1. The van der Waals surface area contributed by atoms with E-state index in [9.17, 15) is 18.0 Å². The molecule has 0 radical (unpaired) electrons. The van der Waals surface area contributed by atoms with E-state index < -0.39 is 12.4 Å². The van der Waals surface area contributed by atoms with Crippen LogP contribution in [0.4, 0.5) is 13.2 Å². The Labute approximate surface area is 230 Å². The number of unbranched alkanes of at least 4 members (excludes halogenated alkanes) is 1. The molecule has 1 heterocycles. The van der Waals surface area contributed by atoms with Crippen LogP contribution < -0.4 is 10.2 Å². The predicted octanol–water partition coefficient (Wildman–Crippen LogP) is 6.25. The van der Waals surface area contributed by atoms with Crippen LogP contribution in [-0.4, -0.2) is 53.5 Å². The molecule has 1 aliphatic rings. The molecule has 1 aromatic rings. The van der Waals surface area contributed by atoms with E-state index in [4.69, 9.17) is 5.26 Å². The van der Waals surface area contributed by atoms with Crippen LogP contribution in [0.15, 0.2) is 53.5 Å². The Hall–Kier alpha value is -3.45. The van der Waals surface area contributed by atoms with E-state index in [2.05, 4.69) is 46.0 Å². The van der Waals surface area contributed by atoms with Crippen molar-refractivity contribution in [2.75, 3.05) is 19.6 Å². The number of halogens is 3. The zero-order valence-electron chi connectivity index (χ0n) is 23.5. The Balaban J connectivity index is 2.38. The highest BCUT2D eigenvalue weighted by atomic mass is 19.3. The lowest BCUT2D eigenvalue weighted by Crippen LogP contribution is -2.53. The molecule has 214 valence electrons. The SMILES string of the molecule is C/C=C(\C(=C/CCC)N(/C=C(\C)CC#N)NC=O)N1CCN(C(C)c2ccc(F)cc2OC(F)F)CC1CC. The summed E-state index contributed by atoms with van der Waals surface area (Å²) in [5, 5.41) is 10.8. The van der Waals surface area contributed by atoms with Gasteiger partial charge >= 0.3 is 6.61 Å². The third kappa shape index (κ3) is 8.79. The maximum atomic E-state index is 13.8. The number of rotatable bonds is 14. The number of alkyl halides is 2. The molecule has 1 aliphatic heterocycles. The van der Waals surface area contributed by atoms with E-state index in [1.165, 1.54) is 12.1 Å². The number of benzene rings is 1. The summed E-state index contributed by atoms with van der Waals surface area (Å²) in [6.45, 7) is 8.75. The highest BCUT2D eigenvalue weighted by Gasteiger charge is 2.33. The Bertz CT molecular complexity index is 1080. The van der Waals surface area contributed by atoms with Gasteiger partial charge in [0.2, 0.25) is 6.41 Å². The molecular weight excluding hydrogens is 507 g/mol. The van der Waals surface area contributed by atoms with Crippen molar-refractivity contribution in [2.24, 2.45) is 0 Å². The summed E-state index contributed by atoms with van der Waals surface area (Å²) in [6, 6.07) is 5.72. The maximum absolute atomic E-state index is 13.8. The molecule has 0 aliphatic carbocycles. The first-order valence-corrected chi connectivity index (χ1v) is 13.4. The van der Waals surface area contributed by atoms with Crippen molar-refractivity contribution in [2.45, 2.75) is 79.0 Å². The highest BCUT2D eigenvalue weighted by Crippen LogP contribution is 2.34. The van der Waals surface area contributed by atoms with Crippen LogP contribution in [0.1, 0.15) is 71.9 Å². The van der Waals surface area contributed by atoms with Gasteiger partial charge in [0.15, 0.2) is 0 Å². The number of hydrazine groups is 1. The van der Waals surface area contributed by atoms with Gasteiger partial charge in [-0.3, -0.25) is 20.1 Å². The van der Waals surface area contributed by atoms with E-state index in [-0.39, 0.29) is 24.3 Å². The molecule has 10 heteroatoms. The lowest BCUT2D eigenvalue weighted by molar-refractivity contribution is -0.112. The van der Waals surface area contributed by atoms with Gasteiger partial charge in [0.1, 0.15) is 11.6 Å². The van der Waals surface area contributed by atoms with Crippen LogP contribution in [0.2, 0.25) is 0 Å². The zero-order valence-corrected chi connectivity index (χ0v) is 23.5. The van der Waals surface area contributed by atoms with Gasteiger partial charge in [0.05, 0.1) is 23.9 Å². The van der Waals surface area contributed by atoms with Crippen LogP contribution in [0.25, 0.3) is 0 Å². The highest BCUT2D eigenvalue weighted by molar-refractivity contribution is 5.47. The number of piperazine rings is 1. The van der Waals surface area contributed by atoms with Crippen molar-refractivity contribution in [1.29, 1.82) is 5.26 Å². The van der Waals surface area contributed by atoms with Gasteiger partial charge in [-0.2, -0.15) is 14.0 Å². The summed E-state index contributed by atoms with van der Waals surface area (Å²) in [5.74, 6) is -0.781. The van der Waals surface area contributed by atoms with Crippen molar-refractivity contribution in [3.63, 3.8) is 0 Å². The molecule has 2 unspecified atom stereocenters. The minimum Gasteiger partial charge on any atom is -0.434 e. The summed E-state index contributed by atoms with van der Waals surface area (Å²) >= 11 is 0. The molecule has 0 spiro atoms. The molecule has 39 heavy (non-hydrogen) atoms. The molecule has 1 fully saturated rings. The number of ether oxygens (including phenoxy) is 1. The first-order chi connectivity index (χ1) is 18.7. The number of allylic oxidation sites excluding steroid dienone is 3. The molecule has 7 nitrogen and oxygen atoms in total. The van der Waals surface area contributed by atoms with Crippen molar-refractivity contribution in [1.82, 2.24) is 20.2 Å². The topological polar surface area (TPSA) is 71.8 Å². The molecule has 1 aromatic carbocycles. The minimum atomic E-state index is -3.04. The van der Waals surface area contributed by atoms with E-state index in [1.807, 2.05) is 26.8 Å². The molecule has 1 N–H and O–H groups in total. The zero-order chi connectivity index (χ0) is 28.9. The summed E-state index contributed by atoms with van der Waals surface area (Å²) in [6.07, 6.45) is 9.23. The Morgan fingerprint density at radius 3 is 2.67 bits per heavy atom. The lowest BCUT2D eigenvalue weighted by atomic mass is 10.0. The molecule has 0 saturated carbocycles. The molecule has 0 aromatic heterocycles. The molecular formula is C29H40F3N5O2. The molecule has 1 saturated heterocycles. The first-order valence-electron chi connectivity index (χ1n) is 13.4. The van der Waals surface area contributed by atoms with E-state index in [0.29, 0.717) is 31.6 Å². The predicted molar refractivity (Wildman–Crippen MR) is 146 cm³/mol. The second kappa shape index (κ2) is 15.8. The van der Waals surface area contributed by atoms with Gasteiger partial charge in [0.25, 0.3) is 0 Å². The van der Waals surface area contributed by atoms with E-state index in [1.54, 1.807) is 11.2 Å². The second-order valence-electron chi connectivity index (χ2n) is 9.47. The van der Waals surface area contributed by atoms with Crippen molar-refractivity contribution < 1.29 is 22.7 Å². The van der Waals surface area contributed by atoms with Gasteiger partial charge in [-0.05, 0) is 45.3 Å². The van der Waals surface area contributed by atoms with Crippen LogP contribution in [0, 0.1) is 17.1 Å². The number of nitriles is 1. The standard InChI is InChI=1S/C29H40F3N5O2/c1-6-9-10-27(37(34-20-38)18-21(4)13-14-33)26(8-3)36-16-15-35(19-24(36)7-2)22(5)25-12-11-23(30)17-28(25)39-29(31)32/h8,10-12,17-18,20,22,24,29H,6-7,9,13,15-16,19H2,1-5H3,(H,34,38)/b21-18+,26-8+,27-10+. The summed E-state index contributed by atoms with van der Waals surface area (Å²) < 4.78 is 44.5. The minimum absolute atomic E-state index is 0.0830. The van der Waals surface area contributed by atoms with Crippen molar-refractivity contribution in [3.05, 3.63) is 64.9 Å². The maximum Gasteiger partial charge on any atom is 0.387 e. The second-order valence-corrected chi connectivity index (χ2v) is 9.47. The number of nitrogens with one attached hydrogen (secondary N) is 1. The smallest absolute Gasteiger partial charge is 0.387 e. The first kappa shape index (κ1) is 31.8. The van der Waals surface area contributed by atoms with Crippen LogP contribution in [0.5, 0.6) is 5.75 Å². The number of carbonyl (C=O) groups is 1. The van der Waals surface area contributed by atoms with Gasteiger partial charge in [-0.25, -0.2) is 4.39 Å². The number of hydrogen-bond donors (Lipinski definition) is 1. The van der Waals surface area contributed by atoms with Crippen molar-refractivity contribution in [3.8, 4) is 11.8 Å². The molecule has 0 bridgehead atoms. The third-order valence-corrected chi connectivity index (χ3v) is 6.81. The molecule has 1 amide bonds. The Morgan fingerprint density at radius 2 is 2.08 bits per heavy atom. The van der Waals surface area contributed by atoms with Gasteiger partial charge < -0.3 is 9.64 Å². The van der Waals surface area contributed by atoms with Crippen molar-refractivity contribution >= 4 is 6.41 Å².